The number of benzene rings is 1. The fourth-order valence-electron chi connectivity index (χ4n) is 2.37. The number of hydrogen-bond donors (Lipinski definition) is 2. The minimum atomic E-state index is -0.972. The maximum absolute atomic E-state index is 11.6. The van der Waals surface area contributed by atoms with Gasteiger partial charge in [0.1, 0.15) is 5.54 Å². The van der Waals surface area contributed by atoms with Crippen LogP contribution in [0.3, 0.4) is 0 Å². The molecule has 110 valence electrons. The molecule has 2 rings (SSSR count). The lowest BCUT2D eigenvalue weighted by molar-refractivity contribution is -0.144. The van der Waals surface area contributed by atoms with E-state index in [4.69, 9.17) is 4.74 Å². The molecular weight excluding hydrogens is 322 g/mol. The number of nitrogens with one attached hydrogen (secondary N) is 1. The summed E-state index contributed by atoms with van der Waals surface area (Å²) in [6.45, 7) is 3.09. The van der Waals surface area contributed by atoms with Crippen LogP contribution >= 0.6 is 15.9 Å². The van der Waals surface area contributed by atoms with Crippen LogP contribution in [-0.4, -0.2) is 35.9 Å². The summed E-state index contributed by atoms with van der Waals surface area (Å²) in [4.78, 5) is 11.6. The fraction of sp³-hybridized carbons (Fsp3) is 0.533. The SMILES string of the molecule is CC(Cc1ccc(Br)cc1)(NCC1CCCO1)C(=O)O. The quantitative estimate of drug-likeness (QED) is 0.834. The Labute approximate surface area is 127 Å². The van der Waals surface area contributed by atoms with E-state index in [1.54, 1.807) is 6.92 Å². The molecule has 0 aromatic heterocycles. The Morgan fingerprint density at radius 1 is 1.50 bits per heavy atom. The first-order valence-electron chi connectivity index (χ1n) is 6.84. The number of halogens is 1. The van der Waals surface area contributed by atoms with E-state index in [-0.39, 0.29) is 6.10 Å². The van der Waals surface area contributed by atoms with Gasteiger partial charge >= 0.3 is 5.97 Å². The van der Waals surface area contributed by atoms with Gasteiger partial charge in [-0.1, -0.05) is 28.1 Å². The zero-order chi connectivity index (χ0) is 14.6. The van der Waals surface area contributed by atoms with Crippen LogP contribution in [0.5, 0.6) is 0 Å². The fourth-order valence-corrected chi connectivity index (χ4v) is 2.63. The van der Waals surface area contributed by atoms with Gasteiger partial charge in [0.05, 0.1) is 6.10 Å². The highest BCUT2D eigenvalue weighted by Crippen LogP contribution is 2.18. The molecule has 2 unspecified atom stereocenters. The Balaban J connectivity index is 2.00. The number of hydrogen-bond acceptors (Lipinski definition) is 3. The zero-order valence-corrected chi connectivity index (χ0v) is 13.1. The molecule has 0 radical (unpaired) electrons. The number of rotatable bonds is 6. The first-order chi connectivity index (χ1) is 9.49. The van der Waals surface area contributed by atoms with Crippen LogP contribution in [0.25, 0.3) is 0 Å². The third-order valence-electron chi connectivity index (χ3n) is 3.69. The van der Waals surface area contributed by atoms with Gasteiger partial charge in [-0.25, -0.2) is 0 Å². The van der Waals surface area contributed by atoms with E-state index in [9.17, 15) is 9.90 Å². The lowest BCUT2D eigenvalue weighted by Crippen LogP contribution is -2.53. The minimum absolute atomic E-state index is 0.138. The maximum Gasteiger partial charge on any atom is 0.323 e. The number of carboxylic acids is 1. The summed E-state index contributed by atoms with van der Waals surface area (Å²) in [5, 5.41) is 12.7. The number of carbonyl (C=O) groups is 1. The highest BCUT2D eigenvalue weighted by Gasteiger charge is 2.34. The van der Waals surface area contributed by atoms with E-state index in [0.29, 0.717) is 13.0 Å². The molecule has 0 aliphatic carbocycles. The molecule has 0 amide bonds. The molecule has 1 aliphatic heterocycles. The Bertz CT molecular complexity index is 457. The first kappa shape index (κ1) is 15.5. The smallest absolute Gasteiger partial charge is 0.323 e. The van der Waals surface area contributed by atoms with Gasteiger partial charge in [-0.15, -0.1) is 0 Å². The average Bonchev–Trinajstić information content (AvgIpc) is 2.92. The Morgan fingerprint density at radius 2 is 2.20 bits per heavy atom. The van der Waals surface area contributed by atoms with E-state index >= 15 is 0 Å². The predicted molar refractivity (Wildman–Crippen MR) is 80.9 cm³/mol. The summed E-state index contributed by atoms with van der Waals surface area (Å²) in [5.41, 5.74) is 0.0257. The molecule has 1 heterocycles. The summed E-state index contributed by atoms with van der Waals surface area (Å²) in [6.07, 6.45) is 2.64. The van der Waals surface area contributed by atoms with Gasteiger partial charge in [-0.3, -0.25) is 10.1 Å². The van der Waals surface area contributed by atoms with Crippen LogP contribution in [0.4, 0.5) is 0 Å². The summed E-state index contributed by atoms with van der Waals surface area (Å²) < 4.78 is 6.52. The van der Waals surface area contributed by atoms with Crippen LogP contribution in [0.2, 0.25) is 0 Å². The van der Waals surface area contributed by atoms with Crippen molar-refractivity contribution in [2.45, 2.75) is 37.8 Å². The van der Waals surface area contributed by atoms with Crippen LogP contribution in [0.1, 0.15) is 25.3 Å². The molecule has 2 N–H and O–H groups in total. The van der Waals surface area contributed by atoms with Gasteiger partial charge < -0.3 is 9.84 Å². The predicted octanol–water partition coefficient (Wildman–Crippen LogP) is 2.60. The van der Waals surface area contributed by atoms with Crippen molar-refractivity contribution in [2.75, 3.05) is 13.2 Å². The molecular formula is C15H20BrNO3. The Kier molecular flexibility index (Phi) is 5.18. The van der Waals surface area contributed by atoms with Crippen LogP contribution in [0.15, 0.2) is 28.7 Å². The first-order valence-corrected chi connectivity index (χ1v) is 7.63. The molecule has 0 spiro atoms. The second kappa shape index (κ2) is 6.70. The highest BCUT2D eigenvalue weighted by atomic mass is 79.9. The van der Waals surface area contributed by atoms with Gasteiger partial charge in [0.15, 0.2) is 0 Å². The normalized spacial score (nSPS) is 21.6. The van der Waals surface area contributed by atoms with Gasteiger partial charge in [0, 0.05) is 24.0 Å². The van der Waals surface area contributed by atoms with Gasteiger partial charge in [0.25, 0.3) is 0 Å². The molecule has 5 heteroatoms. The van der Waals surface area contributed by atoms with Crippen molar-refractivity contribution < 1.29 is 14.6 Å². The van der Waals surface area contributed by atoms with Crippen molar-refractivity contribution in [3.63, 3.8) is 0 Å². The van der Waals surface area contributed by atoms with Crippen molar-refractivity contribution in [2.24, 2.45) is 0 Å². The molecule has 0 bridgehead atoms. The molecule has 0 saturated carbocycles. The van der Waals surface area contributed by atoms with Crippen LogP contribution in [-0.2, 0) is 16.0 Å². The third-order valence-corrected chi connectivity index (χ3v) is 4.22. The number of carboxylic acid groups (broad SMARTS) is 1. The van der Waals surface area contributed by atoms with E-state index in [1.807, 2.05) is 24.3 Å². The monoisotopic (exact) mass is 341 g/mol. The molecule has 1 fully saturated rings. The molecule has 20 heavy (non-hydrogen) atoms. The standard InChI is InChI=1S/C15H20BrNO3/c1-15(14(18)19,17-10-13-3-2-8-20-13)9-11-4-6-12(16)7-5-11/h4-7,13,17H,2-3,8-10H2,1H3,(H,18,19). The summed E-state index contributed by atoms with van der Waals surface area (Å²) >= 11 is 3.38. The van der Waals surface area contributed by atoms with Gasteiger partial charge in [-0.2, -0.15) is 0 Å². The highest BCUT2D eigenvalue weighted by molar-refractivity contribution is 9.10. The van der Waals surface area contributed by atoms with Crippen molar-refractivity contribution in [1.29, 1.82) is 0 Å². The summed E-state index contributed by atoms with van der Waals surface area (Å²) in [7, 11) is 0. The number of ether oxygens (including phenoxy) is 1. The van der Waals surface area contributed by atoms with Gasteiger partial charge in [0.2, 0.25) is 0 Å². The number of aliphatic carboxylic acids is 1. The van der Waals surface area contributed by atoms with Crippen LogP contribution in [0, 0.1) is 0 Å². The van der Waals surface area contributed by atoms with Crippen molar-refractivity contribution in [1.82, 2.24) is 5.32 Å². The lowest BCUT2D eigenvalue weighted by atomic mass is 9.92. The van der Waals surface area contributed by atoms with E-state index < -0.39 is 11.5 Å². The molecule has 4 nitrogen and oxygen atoms in total. The average molecular weight is 342 g/mol. The summed E-state index contributed by atoms with van der Waals surface area (Å²) in [5.74, 6) is -0.835. The van der Waals surface area contributed by atoms with E-state index in [2.05, 4.69) is 21.2 Å². The molecule has 1 saturated heterocycles. The molecule has 2 atom stereocenters. The second-order valence-corrected chi connectivity index (χ2v) is 6.37. The van der Waals surface area contributed by atoms with Crippen molar-refractivity contribution in [3.8, 4) is 0 Å². The van der Waals surface area contributed by atoms with Crippen molar-refractivity contribution >= 4 is 21.9 Å². The maximum atomic E-state index is 11.6. The second-order valence-electron chi connectivity index (χ2n) is 5.46. The Morgan fingerprint density at radius 3 is 2.75 bits per heavy atom. The largest absolute Gasteiger partial charge is 0.480 e. The van der Waals surface area contributed by atoms with Gasteiger partial charge in [-0.05, 0) is 37.5 Å². The molecule has 1 aromatic rings. The molecule has 1 aliphatic rings. The molecule has 1 aromatic carbocycles. The van der Waals surface area contributed by atoms with Crippen LogP contribution < -0.4 is 5.32 Å². The third kappa shape index (κ3) is 4.04. The van der Waals surface area contributed by atoms with E-state index in [1.165, 1.54) is 0 Å². The van der Waals surface area contributed by atoms with E-state index in [0.717, 1.165) is 29.5 Å². The minimum Gasteiger partial charge on any atom is -0.480 e. The topological polar surface area (TPSA) is 58.6 Å². The summed E-state index contributed by atoms with van der Waals surface area (Å²) in [6, 6.07) is 7.74. The Hall–Kier alpha value is -0.910. The lowest BCUT2D eigenvalue weighted by Gasteiger charge is -2.28. The van der Waals surface area contributed by atoms with Crippen molar-refractivity contribution in [3.05, 3.63) is 34.3 Å². The zero-order valence-electron chi connectivity index (χ0n) is 11.6.